The van der Waals surface area contributed by atoms with Crippen LogP contribution in [0.4, 0.5) is 0 Å². The van der Waals surface area contributed by atoms with E-state index in [1.807, 2.05) is 49.6 Å². The molecule has 2 aromatic rings. The maximum atomic E-state index is 12.5. The summed E-state index contributed by atoms with van der Waals surface area (Å²) >= 11 is 5.31. The minimum Gasteiger partial charge on any atom is -0.355 e. The molecule has 0 fully saturated rings. The molecule has 0 radical (unpaired) electrons. The molecule has 26 heavy (non-hydrogen) atoms. The number of rotatable bonds is 8. The first kappa shape index (κ1) is 19.8. The predicted molar refractivity (Wildman–Crippen MR) is 103 cm³/mol. The molecule has 8 heteroatoms. The minimum absolute atomic E-state index is 0.0741. The Kier molecular flexibility index (Phi) is 7.08. The number of nitrogens with one attached hydrogen (secondary N) is 2. The van der Waals surface area contributed by atoms with Gasteiger partial charge in [-0.1, -0.05) is 23.8 Å². The van der Waals surface area contributed by atoms with E-state index in [0.717, 1.165) is 11.1 Å². The van der Waals surface area contributed by atoms with E-state index in [1.165, 1.54) is 0 Å². The summed E-state index contributed by atoms with van der Waals surface area (Å²) in [7, 11) is 0. The van der Waals surface area contributed by atoms with E-state index in [9.17, 15) is 9.59 Å². The second-order valence-electron chi connectivity index (χ2n) is 5.98. The van der Waals surface area contributed by atoms with Crippen molar-refractivity contribution in [3.8, 4) is 11.4 Å². The van der Waals surface area contributed by atoms with Crippen molar-refractivity contribution in [2.24, 2.45) is 0 Å². The molecule has 2 N–H and O–H groups in total. The van der Waals surface area contributed by atoms with E-state index in [0.29, 0.717) is 30.2 Å². The second kappa shape index (κ2) is 9.28. The number of hydrogen-bond donors (Lipinski definition) is 2. The van der Waals surface area contributed by atoms with Gasteiger partial charge in [0, 0.05) is 31.6 Å². The molecule has 1 aromatic carbocycles. The van der Waals surface area contributed by atoms with Crippen LogP contribution in [0.25, 0.3) is 11.4 Å². The van der Waals surface area contributed by atoms with Crippen LogP contribution in [0.2, 0.25) is 0 Å². The first-order valence-electron chi connectivity index (χ1n) is 8.73. The largest absolute Gasteiger partial charge is 0.355 e. The maximum absolute atomic E-state index is 12.5. The highest BCUT2D eigenvalue weighted by Crippen LogP contribution is 2.19. The number of H-pyrrole nitrogens is 1. The van der Waals surface area contributed by atoms with E-state index in [4.69, 9.17) is 12.2 Å². The SMILES string of the molecule is CCNC(=O)CN(CC)C(=O)CCn1c(-c2cccc(C)c2)n[nH]c1=S. The van der Waals surface area contributed by atoms with Gasteiger partial charge in [0.15, 0.2) is 10.6 Å². The van der Waals surface area contributed by atoms with Crippen LogP contribution in [0.15, 0.2) is 24.3 Å². The molecule has 0 aliphatic rings. The Morgan fingerprint density at radius 3 is 2.77 bits per heavy atom. The van der Waals surface area contributed by atoms with Crippen molar-refractivity contribution in [2.45, 2.75) is 33.7 Å². The number of benzene rings is 1. The molecule has 1 heterocycles. The summed E-state index contributed by atoms with van der Waals surface area (Å²) in [6, 6.07) is 7.96. The lowest BCUT2D eigenvalue weighted by molar-refractivity contribution is -0.136. The van der Waals surface area contributed by atoms with E-state index in [-0.39, 0.29) is 24.8 Å². The molecule has 0 bridgehead atoms. The van der Waals surface area contributed by atoms with Crippen LogP contribution in [-0.4, -0.2) is 51.1 Å². The molecule has 2 rings (SSSR count). The quantitative estimate of drug-likeness (QED) is 0.694. The third kappa shape index (κ3) is 5.01. The summed E-state index contributed by atoms with van der Waals surface area (Å²) in [5, 5.41) is 9.81. The lowest BCUT2D eigenvalue weighted by Gasteiger charge is -2.20. The fourth-order valence-corrected chi connectivity index (χ4v) is 2.92. The van der Waals surface area contributed by atoms with Gasteiger partial charge in [-0.15, -0.1) is 0 Å². The molecular formula is C18H25N5O2S. The highest BCUT2D eigenvalue weighted by Gasteiger charge is 2.17. The van der Waals surface area contributed by atoms with Crippen molar-refractivity contribution in [2.75, 3.05) is 19.6 Å². The average Bonchev–Trinajstić information content (AvgIpc) is 2.98. The first-order valence-corrected chi connectivity index (χ1v) is 9.13. The molecule has 2 amide bonds. The molecule has 0 atom stereocenters. The number of amides is 2. The van der Waals surface area contributed by atoms with Gasteiger partial charge in [-0.25, -0.2) is 0 Å². The highest BCUT2D eigenvalue weighted by atomic mass is 32.1. The van der Waals surface area contributed by atoms with Gasteiger partial charge >= 0.3 is 0 Å². The second-order valence-corrected chi connectivity index (χ2v) is 6.37. The Hall–Kier alpha value is -2.48. The molecule has 140 valence electrons. The number of aromatic amines is 1. The van der Waals surface area contributed by atoms with Crippen molar-refractivity contribution in [3.63, 3.8) is 0 Å². The van der Waals surface area contributed by atoms with Crippen LogP contribution in [0.5, 0.6) is 0 Å². The minimum atomic E-state index is -0.150. The van der Waals surface area contributed by atoms with Crippen molar-refractivity contribution in [1.82, 2.24) is 25.0 Å². The smallest absolute Gasteiger partial charge is 0.239 e. The molecule has 0 spiro atoms. The summed E-state index contributed by atoms with van der Waals surface area (Å²) in [4.78, 5) is 25.8. The van der Waals surface area contributed by atoms with Gasteiger partial charge in [0.1, 0.15) is 0 Å². The monoisotopic (exact) mass is 375 g/mol. The van der Waals surface area contributed by atoms with Gasteiger partial charge in [0.2, 0.25) is 11.8 Å². The molecule has 0 aliphatic carbocycles. The molecule has 7 nitrogen and oxygen atoms in total. The molecule has 0 saturated carbocycles. The maximum Gasteiger partial charge on any atom is 0.239 e. The summed E-state index contributed by atoms with van der Waals surface area (Å²) in [6.45, 7) is 7.24. The predicted octanol–water partition coefficient (Wildman–Crippen LogP) is 2.29. The molecule has 1 aromatic heterocycles. The lowest BCUT2D eigenvalue weighted by Crippen LogP contribution is -2.40. The van der Waals surface area contributed by atoms with Crippen molar-refractivity contribution >= 4 is 24.0 Å². The standard InChI is InChI=1S/C18H25N5O2S/c1-4-19-15(24)12-22(5-2)16(25)9-10-23-17(20-21-18(23)26)14-8-6-7-13(3)11-14/h6-8,11H,4-5,9-10,12H2,1-3H3,(H,19,24)(H,21,26). The summed E-state index contributed by atoms with van der Waals surface area (Å²) in [5.41, 5.74) is 2.07. The topological polar surface area (TPSA) is 83.0 Å². The lowest BCUT2D eigenvalue weighted by atomic mass is 10.1. The molecule has 0 unspecified atom stereocenters. The van der Waals surface area contributed by atoms with Crippen molar-refractivity contribution < 1.29 is 9.59 Å². The number of aryl methyl sites for hydroxylation is 1. The van der Waals surface area contributed by atoms with Crippen molar-refractivity contribution in [1.29, 1.82) is 0 Å². The number of hydrogen-bond acceptors (Lipinski definition) is 4. The van der Waals surface area contributed by atoms with Crippen LogP contribution in [0.3, 0.4) is 0 Å². The third-order valence-electron chi connectivity index (χ3n) is 4.03. The Balaban J connectivity index is 2.09. The fourth-order valence-electron chi connectivity index (χ4n) is 2.70. The van der Waals surface area contributed by atoms with Crippen LogP contribution >= 0.6 is 12.2 Å². The normalized spacial score (nSPS) is 10.6. The van der Waals surface area contributed by atoms with Crippen molar-refractivity contribution in [3.05, 3.63) is 34.6 Å². The highest BCUT2D eigenvalue weighted by molar-refractivity contribution is 7.71. The van der Waals surface area contributed by atoms with Crippen LogP contribution < -0.4 is 5.32 Å². The Bertz CT molecular complexity index is 827. The van der Waals surface area contributed by atoms with Gasteiger partial charge in [-0.05, 0) is 39.1 Å². The summed E-state index contributed by atoms with van der Waals surface area (Å²) in [5.74, 6) is 0.471. The van der Waals surface area contributed by atoms with E-state index < -0.39 is 0 Å². The Morgan fingerprint density at radius 2 is 2.12 bits per heavy atom. The molecule has 0 aliphatic heterocycles. The molecular weight excluding hydrogens is 350 g/mol. The van der Waals surface area contributed by atoms with Gasteiger partial charge < -0.3 is 10.2 Å². The van der Waals surface area contributed by atoms with Gasteiger partial charge in [0.05, 0.1) is 6.54 Å². The fraction of sp³-hybridized carbons (Fsp3) is 0.444. The summed E-state index contributed by atoms with van der Waals surface area (Å²) < 4.78 is 2.29. The summed E-state index contributed by atoms with van der Waals surface area (Å²) in [6.07, 6.45) is 0.250. The van der Waals surface area contributed by atoms with Gasteiger partial charge in [-0.2, -0.15) is 5.10 Å². The zero-order valence-corrected chi connectivity index (χ0v) is 16.2. The average molecular weight is 375 g/mol. The third-order valence-corrected chi connectivity index (χ3v) is 4.34. The zero-order chi connectivity index (χ0) is 19.1. The van der Waals surface area contributed by atoms with Crippen LogP contribution in [-0.2, 0) is 16.1 Å². The van der Waals surface area contributed by atoms with Gasteiger partial charge in [0.25, 0.3) is 0 Å². The zero-order valence-electron chi connectivity index (χ0n) is 15.4. The van der Waals surface area contributed by atoms with E-state index in [1.54, 1.807) is 4.90 Å². The number of nitrogens with zero attached hydrogens (tertiary/aromatic N) is 3. The van der Waals surface area contributed by atoms with E-state index in [2.05, 4.69) is 15.5 Å². The van der Waals surface area contributed by atoms with E-state index >= 15 is 0 Å². The van der Waals surface area contributed by atoms with Crippen LogP contribution in [0, 0.1) is 11.7 Å². The number of carbonyl (C=O) groups excluding carboxylic acids is 2. The number of aromatic nitrogens is 3. The number of carbonyl (C=O) groups is 2. The first-order chi connectivity index (χ1) is 12.5. The Morgan fingerprint density at radius 1 is 1.35 bits per heavy atom. The number of likely N-dealkylation sites (N-methyl/N-ethyl adjacent to an activating group) is 2. The molecule has 0 saturated heterocycles. The van der Waals surface area contributed by atoms with Crippen LogP contribution in [0.1, 0.15) is 25.8 Å². The van der Waals surface area contributed by atoms with Gasteiger partial charge in [-0.3, -0.25) is 19.3 Å². The Labute approximate surface area is 158 Å².